The first kappa shape index (κ1) is 7.33. The van der Waals surface area contributed by atoms with Crippen molar-refractivity contribution >= 4 is 12.4 Å². The highest BCUT2D eigenvalue weighted by atomic mass is 16.4. The zero-order valence-corrected chi connectivity index (χ0v) is 5.60. The minimum Gasteiger partial charge on any atom is -0.411 e. The Labute approximate surface area is 62.7 Å². The molecule has 1 aromatic rings. The van der Waals surface area contributed by atoms with Crippen molar-refractivity contribution in [2.75, 3.05) is 0 Å². The Kier molecular flexibility index (Phi) is 2.27. The normalized spacial score (nSPS) is 11.6. The Bertz CT molecular complexity index is 251. The molecule has 0 aliphatic heterocycles. The van der Waals surface area contributed by atoms with Gasteiger partial charge in [-0.2, -0.15) is 0 Å². The van der Waals surface area contributed by atoms with E-state index in [9.17, 15) is 0 Å². The van der Waals surface area contributed by atoms with Gasteiger partial charge in [0.15, 0.2) is 0 Å². The standard InChI is InChI=1S/C6H7N3O2/c10-7-3-5-1-2-6(9-5)4-8-11/h1-4,9-11H/b7-3-,8-4+. The summed E-state index contributed by atoms with van der Waals surface area (Å²) in [6.07, 6.45) is 2.49. The fraction of sp³-hybridized carbons (Fsp3) is 0. The van der Waals surface area contributed by atoms with Gasteiger partial charge in [-0.1, -0.05) is 10.3 Å². The van der Waals surface area contributed by atoms with Crippen LogP contribution in [-0.4, -0.2) is 27.8 Å². The molecule has 0 bridgehead atoms. The van der Waals surface area contributed by atoms with Crippen molar-refractivity contribution in [3.63, 3.8) is 0 Å². The first-order chi connectivity index (χ1) is 5.36. The summed E-state index contributed by atoms with van der Waals surface area (Å²) in [5.41, 5.74) is 1.28. The Morgan fingerprint density at radius 1 is 1.09 bits per heavy atom. The fourth-order valence-corrected chi connectivity index (χ4v) is 0.705. The van der Waals surface area contributed by atoms with E-state index in [-0.39, 0.29) is 0 Å². The molecule has 0 aromatic carbocycles. The maximum atomic E-state index is 8.13. The summed E-state index contributed by atoms with van der Waals surface area (Å²) in [6, 6.07) is 3.38. The van der Waals surface area contributed by atoms with E-state index in [1.54, 1.807) is 12.1 Å². The lowest BCUT2D eigenvalue weighted by atomic mass is 10.4. The number of H-pyrrole nitrogens is 1. The number of nitrogens with one attached hydrogen (secondary N) is 1. The molecule has 0 aliphatic rings. The minimum atomic E-state index is 0.641. The van der Waals surface area contributed by atoms with Crippen LogP contribution in [0.2, 0.25) is 0 Å². The lowest BCUT2D eigenvalue weighted by Crippen LogP contribution is -1.83. The predicted octanol–water partition coefficient (Wildman–Crippen LogP) is 0.631. The SMILES string of the molecule is O/N=C\c1ccc(/C=N/O)[nH]1. The van der Waals surface area contributed by atoms with Crippen molar-refractivity contribution in [1.82, 2.24) is 4.98 Å². The maximum absolute atomic E-state index is 8.13. The van der Waals surface area contributed by atoms with Crippen molar-refractivity contribution in [2.24, 2.45) is 10.3 Å². The van der Waals surface area contributed by atoms with Crippen molar-refractivity contribution < 1.29 is 10.4 Å². The average Bonchev–Trinajstić information content (AvgIpc) is 2.38. The van der Waals surface area contributed by atoms with Gasteiger partial charge in [0.05, 0.1) is 23.8 Å². The molecule has 0 spiro atoms. The van der Waals surface area contributed by atoms with Gasteiger partial charge in [-0.25, -0.2) is 0 Å². The van der Waals surface area contributed by atoms with Crippen molar-refractivity contribution in [3.05, 3.63) is 23.5 Å². The number of aromatic nitrogens is 1. The van der Waals surface area contributed by atoms with E-state index in [2.05, 4.69) is 15.3 Å². The van der Waals surface area contributed by atoms with Crippen molar-refractivity contribution in [1.29, 1.82) is 0 Å². The van der Waals surface area contributed by atoms with E-state index in [1.807, 2.05) is 0 Å². The molecular formula is C6H7N3O2. The van der Waals surface area contributed by atoms with Crippen LogP contribution in [0.5, 0.6) is 0 Å². The zero-order chi connectivity index (χ0) is 8.10. The second-order valence-electron chi connectivity index (χ2n) is 1.86. The third-order valence-corrected chi connectivity index (χ3v) is 1.12. The Hall–Kier alpha value is -1.78. The van der Waals surface area contributed by atoms with Gasteiger partial charge in [0.2, 0.25) is 0 Å². The van der Waals surface area contributed by atoms with E-state index in [0.717, 1.165) is 0 Å². The van der Waals surface area contributed by atoms with Crippen LogP contribution in [0.4, 0.5) is 0 Å². The van der Waals surface area contributed by atoms with Gasteiger partial charge < -0.3 is 15.4 Å². The number of oxime groups is 2. The van der Waals surface area contributed by atoms with E-state index < -0.39 is 0 Å². The lowest BCUT2D eigenvalue weighted by Gasteiger charge is -1.82. The smallest absolute Gasteiger partial charge is 0.0896 e. The van der Waals surface area contributed by atoms with Crippen LogP contribution in [0.25, 0.3) is 0 Å². The van der Waals surface area contributed by atoms with E-state index >= 15 is 0 Å². The predicted molar refractivity (Wildman–Crippen MR) is 39.6 cm³/mol. The summed E-state index contributed by atoms with van der Waals surface area (Å²) in [7, 11) is 0. The van der Waals surface area contributed by atoms with Gasteiger partial charge in [0.1, 0.15) is 0 Å². The molecule has 5 nitrogen and oxygen atoms in total. The molecule has 0 amide bonds. The first-order valence-corrected chi connectivity index (χ1v) is 2.90. The van der Waals surface area contributed by atoms with Crippen LogP contribution >= 0.6 is 0 Å². The molecule has 0 fully saturated rings. The average molecular weight is 153 g/mol. The number of hydrogen-bond donors (Lipinski definition) is 3. The topological polar surface area (TPSA) is 81.0 Å². The number of aromatic amines is 1. The molecule has 0 saturated heterocycles. The lowest BCUT2D eigenvalue weighted by molar-refractivity contribution is 0.321. The van der Waals surface area contributed by atoms with Gasteiger partial charge >= 0.3 is 0 Å². The van der Waals surface area contributed by atoms with Gasteiger partial charge in [-0.05, 0) is 12.1 Å². The maximum Gasteiger partial charge on any atom is 0.0896 e. The number of rotatable bonds is 2. The fourth-order valence-electron chi connectivity index (χ4n) is 0.705. The molecule has 1 aromatic heterocycles. The Morgan fingerprint density at radius 2 is 1.55 bits per heavy atom. The van der Waals surface area contributed by atoms with Crippen LogP contribution in [-0.2, 0) is 0 Å². The van der Waals surface area contributed by atoms with Gasteiger partial charge in [0.25, 0.3) is 0 Å². The minimum absolute atomic E-state index is 0.641. The number of hydrogen-bond acceptors (Lipinski definition) is 4. The quantitative estimate of drug-likeness (QED) is 0.331. The largest absolute Gasteiger partial charge is 0.411 e. The molecule has 58 valence electrons. The van der Waals surface area contributed by atoms with Gasteiger partial charge in [-0.15, -0.1) is 0 Å². The molecule has 1 rings (SSSR count). The summed E-state index contributed by atoms with van der Waals surface area (Å²) in [4.78, 5) is 2.80. The van der Waals surface area contributed by atoms with Crippen LogP contribution in [0.1, 0.15) is 11.4 Å². The van der Waals surface area contributed by atoms with E-state index in [0.29, 0.717) is 11.4 Å². The number of nitrogens with zero attached hydrogens (tertiary/aromatic N) is 2. The van der Waals surface area contributed by atoms with Crippen LogP contribution in [0, 0.1) is 0 Å². The molecule has 5 heteroatoms. The molecular weight excluding hydrogens is 146 g/mol. The molecule has 0 unspecified atom stereocenters. The summed E-state index contributed by atoms with van der Waals surface area (Å²) >= 11 is 0. The second kappa shape index (κ2) is 3.40. The zero-order valence-electron chi connectivity index (χ0n) is 5.60. The molecule has 3 N–H and O–H groups in total. The summed E-state index contributed by atoms with van der Waals surface area (Å²) in [5.74, 6) is 0. The highest BCUT2D eigenvalue weighted by Crippen LogP contribution is 1.95. The molecule has 0 saturated carbocycles. The summed E-state index contributed by atoms with van der Waals surface area (Å²) in [5, 5.41) is 21.9. The van der Waals surface area contributed by atoms with Crippen molar-refractivity contribution in [2.45, 2.75) is 0 Å². The summed E-state index contributed by atoms with van der Waals surface area (Å²) in [6.45, 7) is 0. The molecule has 1 heterocycles. The third-order valence-electron chi connectivity index (χ3n) is 1.12. The van der Waals surface area contributed by atoms with Crippen LogP contribution in [0.15, 0.2) is 22.4 Å². The molecule has 0 atom stereocenters. The van der Waals surface area contributed by atoms with Gasteiger partial charge in [-0.3, -0.25) is 0 Å². The van der Waals surface area contributed by atoms with Gasteiger partial charge in [0, 0.05) is 0 Å². The Morgan fingerprint density at radius 3 is 1.91 bits per heavy atom. The highest BCUT2D eigenvalue weighted by Gasteiger charge is 1.91. The van der Waals surface area contributed by atoms with Crippen LogP contribution in [0.3, 0.4) is 0 Å². The highest BCUT2D eigenvalue weighted by molar-refractivity contribution is 5.82. The molecule has 11 heavy (non-hydrogen) atoms. The Balaban J connectivity index is 2.81. The third kappa shape index (κ3) is 1.82. The molecule has 0 radical (unpaired) electrons. The monoisotopic (exact) mass is 153 g/mol. The molecule has 0 aliphatic carbocycles. The van der Waals surface area contributed by atoms with E-state index in [4.69, 9.17) is 10.4 Å². The van der Waals surface area contributed by atoms with E-state index in [1.165, 1.54) is 12.4 Å². The van der Waals surface area contributed by atoms with Crippen LogP contribution < -0.4 is 0 Å². The summed E-state index contributed by atoms with van der Waals surface area (Å²) < 4.78 is 0. The second-order valence-corrected chi connectivity index (χ2v) is 1.86. The first-order valence-electron chi connectivity index (χ1n) is 2.90. The van der Waals surface area contributed by atoms with Crippen molar-refractivity contribution in [3.8, 4) is 0 Å².